The lowest BCUT2D eigenvalue weighted by Crippen LogP contribution is -2.38. The predicted octanol–water partition coefficient (Wildman–Crippen LogP) is 10.5. The maximum Gasteiger partial charge on any atom is 0.265 e. The van der Waals surface area contributed by atoms with Crippen molar-refractivity contribution in [1.29, 1.82) is 0 Å². The van der Waals surface area contributed by atoms with Crippen LogP contribution in [0.2, 0.25) is 0 Å². The van der Waals surface area contributed by atoms with Crippen molar-refractivity contribution in [2.24, 2.45) is 10.9 Å². The average Bonchev–Trinajstić information content (AvgIpc) is 3.00. The summed E-state index contributed by atoms with van der Waals surface area (Å²) in [5, 5.41) is 3.16. The van der Waals surface area contributed by atoms with Crippen molar-refractivity contribution < 1.29 is 7.86 Å². The highest BCUT2D eigenvalue weighted by molar-refractivity contribution is 14.1. The molecule has 246 valence electrons. The first-order valence-corrected chi connectivity index (χ1v) is 17.6. The van der Waals surface area contributed by atoms with E-state index in [9.17, 15) is 4.79 Å². The van der Waals surface area contributed by atoms with Gasteiger partial charge in [0, 0.05) is 19.6 Å². The quantitative estimate of drug-likeness (QED) is 0.0897. The van der Waals surface area contributed by atoms with Gasteiger partial charge in [0.05, 0.1) is 11.8 Å². The maximum atomic E-state index is 13.1. The number of aliphatic imine (C=N–C) groups is 1. The fourth-order valence-corrected chi connectivity index (χ4v) is 5.29. The van der Waals surface area contributed by atoms with Gasteiger partial charge in [0.2, 0.25) is 0 Å². The summed E-state index contributed by atoms with van der Waals surface area (Å²) in [6, 6.07) is 0. The van der Waals surface area contributed by atoms with E-state index in [1.165, 1.54) is 29.6 Å². The fourth-order valence-electron chi connectivity index (χ4n) is 4.78. The molecule has 0 aromatic rings. The zero-order valence-corrected chi connectivity index (χ0v) is 31.2. The Morgan fingerprint density at radius 3 is 2.19 bits per heavy atom. The number of rotatable bonds is 13. The van der Waals surface area contributed by atoms with Crippen molar-refractivity contribution in [3.63, 3.8) is 0 Å². The van der Waals surface area contributed by atoms with Crippen molar-refractivity contribution in [2.45, 2.75) is 132 Å². The lowest BCUT2D eigenvalue weighted by molar-refractivity contribution is -0.114. The van der Waals surface area contributed by atoms with Crippen LogP contribution in [-0.4, -0.2) is 48.8 Å². The Morgan fingerprint density at radius 1 is 1.07 bits per heavy atom. The molecule has 6 heteroatoms. The van der Waals surface area contributed by atoms with E-state index < -0.39 is 0 Å². The van der Waals surface area contributed by atoms with Gasteiger partial charge in [0.15, 0.2) is 0 Å². The van der Waals surface area contributed by atoms with Crippen LogP contribution in [0.3, 0.4) is 0 Å². The molecule has 5 nitrogen and oxygen atoms in total. The summed E-state index contributed by atoms with van der Waals surface area (Å²) >= 11 is 2.02. The van der Waals surface area contributed by atoms with Gasteiger partial charge in [0.25, 0.3) is 5.91 Å². The molecule has 2 fully saturated rings. The molecular weight excluding hydrogens is 645 g/mol. The molecular formula is C37H64IN3O2. The first-order valence-electron chi connectivity index (χ1n) is 16.7. The summed E-state index contributed by atoms with van der Waals surface area (Å²) < 4.78 is 5.44. The SMILES string of the molecule is C=CC=C.CC(C)C.CCCCC(=NC(/C=C1/CCCCC1=C(C)CC)=C(C)C)C(=O)NCCCN1CCC(OI)CC1. The van der Waals surface area contributed by atoms with Crippen LogP contribution >= 0.6 is 23.0 Å². The number of likely N-dealkylation sites (tertiary alicyclic amines) is 1. The van der Waals surface area contributed by atoms with E-state index in [4.69, 9.17) is 8.06 Å². The molecule has 0 aromatic carbocycles. The van der Waals surface area contributed by atoms with E-state index in [1.807, 2.05) is 23.0 Å². The molecule has 0 bridgehead atoms. The van der Waals surface area contributed by atoms with Crippen LogP contribution < -0.4 is 5.32 Å². The number of hydrogen-bond acceptors (Lipinski definition) is 4. The van der Waals surface area contributed by atoms with Crippen LogP contribution in [-0.2, 0) is 7.86 Å². The third kappa shape index (κ3) is 19.5. The Kier molecular flexibility index (Phi) is 24.9. The molecule has 2 rings (SSSR count). The lowest BCUT2D eigenvalue weighted by Gasteiger charge is -2.30. The summed E-state index contributed by atoms with van der Waals surface area (Å²) in [7, 11) is 0. The summed E-state index contributed by atoms with van der Waals surface area (Å²) in [6.07, 6.45) is 17.7. The number of nitrogens with one attached hydrogen (secondary N) is 1. The van der Waals surface area contributed by atoms with Gasteiger partial charge < -0.3 is 13.3 Å². The highest BCUT2D eigenvalue weighted by Crippen LogP contribution is 2.33. The van der Waals surface area contributed by atoms with Crippen LogP contribution in [0.25, 0.3) is 0 Å². The molecule has 1 amide bonds. The predicted molar refractivity (Wildman–Crippen MR) is 198 cm³/mol. The molecule has 0 atom stereocenters. The number of carbonyl (C=O) groups excluding carboxylic acids is 1. The first-order chi connectivity index (χ1) is 20.5. The van der Waals surface area contributed by atoms with Gasteiger partial charge in [-0.05, 0) is 115 Å². The normalized spacial score (nSPS) is 18.2. The maximum absolute atomic E-state index is 13.1. The summed E-state index contributed by atoms with van der Waals surface area (Å²) in [5.41, 5.74) is 7.22. The van der Waals surface area contributed by atoms with Gasteiger partial charge in [-0.15, -0.1) is 0 Å². The highest BCUT2D eigenvalue weighted by atomic mass is 127. The van der Waals surface area contributed by atoms with Crippen LogP contribution in [0, 0.1) is 5.92 Å². The molecule has 1 saturated carbocycles. The molecule has 1 aliphatic heterocycles. The molecule has 1 saturated heterocycles. The molecule has 2 aliphatic rings. The van der Waals surface area contributed by atoms with E-state index in [2.05, 4.69) is 84.8 Å². The van der Waals surface area contributed by atoms with E-state index in [-0.39, 0.29) is 5.91 Å². The standard InChI is InChI=1S/C29H48IN3O2.C4H10.C4H6/c1-6-8-14-27(29(34)31-17-11-18-33-19-15-25(35-30)16-20-33)32-28(22(3)4)21-24-12-9-10-13-26(24)23(5)7-2;1-4(2)3;1-3-4-2/h21,25H,6-20H2,1-5H3,(H,31,34);4H,1-3H3;3-4H,1-2H2/b24-21-,26-23?,32-27?;;. The molecule has 1 aliphatic carbocycles. The second-order valence-electron chi connectivity index (χ2n) is 12.5. The zero-order chi connectivity index (χ0) is 32.6. The van der Waals surface area contributed by atoms with Gasteiger partial charge in [-0.25, -0.2) is 4.99 Å². The number of nitrogens with zero attached hydrogens (tertiary/aromatic N) is 2. The van der Waals surface area contributed by atoms with Gasteiger partial charge in [-0.1, -0.05) is 77.5 Å². The Balaban J connectivity index is 0.00000195. The number of amides is 1. The van der Waals surface area contributed by atoms with Crippen LogP contribution in [0.1, 0.15) is 126 Å². The van der Waals surface area contributed by atoms with Crippen LogP contribution in [0.15, 0.2) is 64.4 Å². The molecule has 43 heavy (non-hydrogen) atoms. The average molecular weight is 710 g/mol. The van der Waals surface area contributed by atoms with Gasteiger partial charge in [-0.2, -0.15) is 0 Å². The molecule has 0 spiro atoms. The third-order valence-corrected chi connectivity index (χ3v) is 8.15. The Bertz CT molecular complexity index is 925. The van der Waals surface area contributed by atoms with Crippen molar-refractivity contribution in [3.05, 3.63) is 59.4 Å². The number of hydrogen-bond donors (Lipinski definition) is 1. The van der Waals surface area contributed by atoms with E-state index in [0.29, 0.717) is 18.4 Å². The van der Waals surface area contributed by atoms with E-state index in [0.717, 1.165) is 94.6 Å². The van der Waals surface area contributed by atoms with Crippen molar-refractivity contribution in [1.82, 2.24) is 10.2 Å². The van der Waals surface area contributed by atoms with Crippen molar-refractivity contribution in [3.8, 4) is 0 Å². The third-order valence-electron chi connectivity index (χ3n) is 7.43. The molecule has 0 radical (unpaired) electrons. The van der Waals surface area contributed by atoms with Crippen molar-refractivity contribution >= 4 is 34.6 Å². The number of carbonyl (C=O) groups is 1. The Morgan fingerprint density at radius 2 is 1.67 bits per heavy atom. The van der Waals surface area contributed by atoms with Crippen LogP contribution in [0.5, 0.6) is 0 Å². The van der Waals surface area contributed by atoms with Crippen molar-refractivity contribution in [2.75, 3.05) is 26.2 Å². The molecule has 1 heterocycles. The van der Waals surface area contributed by atoms with E-state index >= 15 is 0 Å². The minimum absolute atomic E-state index is 0.00299. The molecule has 1 N–H and O–H groups in total. The Hall–Kier alpha value is -1.51. The van der Waals surface area contributed by atoms with Gasteiger partial charge in [-0.3, -0.25) is 4.79 Å². The van der Waals surface area contributed by atoms with E-state index in [1.54, 1.807) is 12.2 Å². The summed E-state index contributed by atoms with van der Waals surface area (Å²) in [5.74, 6) is 0.830. The fraction of sp³-hybridized carbons (Fsp3) is 0.676. The second kappa shape index (κ2) is 25.8. The topological polar surface area (TPSA) is 53.9 Å². The largest absolute Gasteiger partial charge is 0.351 e. The summed E-state index contributed by atoms with van der Waals surface area (Å²) in [6.45, 7) is 28.0. The Labute approximate surface area is 280 Å². The lowest BCUT2D eigenvalue weighted by atomic mass is 9.85. The molecule has 0 unspecified atom stereocenters. The zero-order valence-electron chi connectivity index (χ0n) is 29.0. The minimum Gasteiger partial charge on any atom is -0.351 e. The number of unbranched alkanes of at least 4 members (excludes halogenated alkanes) is 1. The van der Waals surface area contributed by atoms with Gasteiger partial charge >= 0.3 is 0 Å². The van der Waals surface area contributed by atoms with Gasteiger partial charge in [0.1, 0.15) is 28.7 Å². The smallest absolute Gasteiger partial charge is 0.265 e. The van der Waals surface area contributed by atoms with Crippen LogP contribution in [0.4, 0.5) is 0 Å². The molecule has 0 aromatic heterocycles. The number of halogens is 1. The monoisotopic (exact) mass is 709 g/mol. The number of piperidine rings is 1. The highest BCUT2D eigenvalue weighted by Gasteiger charge is 2.19. The first kappa shape index (κ1) is 41.5. The minimum atomic E-state index is -0.00299. The summed E-state index contributed by atoms with van der Waals surface area (Å²) in [4.78, 5) is 20.6. The number of allylic oxidation sites excluding steroid dienone is 7. The second-order valence-corrected chi connectivity index (χ2v) is 13.0.